The first kappa shape index (κ1) is 13.7. The van der Waals surface area contributed by atoms with Crippen molar-refractivity contribution < 1.29 is 4.39 Å². The van der Waals surface area contributed by atoms with Crippen LogP contribution in [-0.2, 0) is 6.54 Å². The third-order valence-electron chi connectivity index (χ3n) is 2.58. The second-order valence-electron chi connectivity index (χ2n) is 3.90. The maximum absolute atomic E-state index is 13.2. The zero-order valence-electron chi connectivity index (χ0n) is 9.75. The Morgan fingerprint density at radius 2 is 1.95 bits per heavy atom. The van der Waals surface area contributed by atoms with Crippen molar-refractivity contribution >= 4 is 28.9 Å². The van der Waals surface area contributed by atoms with Gasteiger partial charge in [0.05, 0.1) is 5.56 Å². The van der Waals surface area contributed by atoms with Crippen LogP contribution >= 0.6 is 23.2 Å². The van der Waals surface area contributed by atoms with Gasteiger partial charge in [0.15, 0.2) is 0 Å². The molecule has 0 fully saturated rings. The van der Waals surface area contributed by atoms with Gasteiger partial charge >= 0.3 is 0 Å². The lowest BCUT2D eigenvalue weighted by molar-refractivity contribution is 0.624. The van der Waals surface area contributed by atoms with Crippen molar-refractivity contribution in [3.05, 3.63) is 63.4 Å². The molecular weight excluding hydrogens is 286 g/mol. The van der Waals surface area contributed by atoms with E-state index in [9.17, 15) is 4.39 Å². The number of hydrogen-bond acceptors (Lipinski definition) is 2. The highest BCUT2D eigenvalue weighted by atomic mass is 35.5. The van der Waals surface area contributed by atoms with Crippen LogP contribution in [0.3, 0.4) is 0 Å². The van der Waals surface area contributed by atoms with Gasteiger partial charge in [-0.25, -0.2) is 4.39 Å². The second kappa shape index (κ2) is 5.92. The third-order valence-corrected chi connectivity index (χ3v) is 3.18. The fraction of sp³-hybridized carbons (Fsp3) is 0.0714. The minimum absolute atomic E-state index is 0.00203. The van der Waals surface area contributed by atoms with Crippen LogP contribution in [0.5, 0.6) is 0 Å². The number of rotatable bonds is 3. The van der Waals surface area contributed by atoms with Gasteiger partial charge in [-0.05, 0) is 42.0 Å². The van der Waals surface area contributed by atoms with E-state index in [2.05, 4.69) is 5.32 Å². The van der Waals surface area contributed by atoms with Gasteiger partial charge in [0.25, 0.3) is 0 Å². The molecule has 2 aromatic carbocycles. The van der Waals surface area contributed by atoms with Crippen LogP contribution in [-0.4, -0.2) is 0 Å². The summed E-state index contributed by atoms with van der Waals surface area (Å²) in [7, 11) is 0. The molecule has 1 N–H and O–H groups in total. The first-order valence-corrected chi connectivity index (χ1v) is 6.23. The maximum Gasteiger partial charge on any atom is 0.141 e. The SMILES string of the molecule is N#Cc1cc(NCc2cc(Cl)ccc2Cl)ccc1F. The number of hydrogen-bond donors (Lipinski definition) is 1. The molecular formula is C14H9Cl2FN2. The second-order valence-corrected chi connectivity index (χ2v) is 4.74. The van der Waals surface area contributed by atoms with Gasteiger partial charge in [-0.15, -0.1) is 0 Å². The average Bonchev–Trinajstić information content (AvgIpc) is 2.41. The van der Waals surface area contributed by atoms with Gasteiger partial charge < -0.3 is 5.32 Å². The molecule has 19 heavy (non-hydrogen) atoms. The zero-order valence-corrected chi connectivity index (χ0v) is 11.3. The van der Waals surface area contributed by atoms with Crippen molar-refractivity contribution in [2.45, 2.75) is 6.54 Å². The lowest BCUT2D eigenvalue weighted by Crippen LogP contribution is -2.01. The van der Waals surface area contributed by atoms with E-state index in [0.717, 1.165) is 5.56 Å². The Kier molecular flexibility index (Phi) is 4.26. The van der Waals surface area contributed by atoms with Crippen molar-refractivity contribution in [3.8, 4) is 6.07 Å². The van der Waals surface area contributed by atoms with E-state index in [1.54, 1.807) is 30.3 Å². The number of nitrogens with one attached hydrogen (secondary N) is 1. The molecule has 2 rings (SSSR count). The quantitative estimate of drug-likeness (QED) is 0.897. The topological polar surface area (TPSA) is 35.8 Å². The summed E-state index contributed by atoms with van der Waals surface area (Å²) in [5.41, 5.74) is 1.48. The Labute approximate surface area is 120 Å². The lowest BCUT2D eigenvalue weighted by Gasteiger charge is -2.09. The third kappa shape index (κ3) is 3.37. The van der Waals surface area contributed by atoms with Gasteiger partial charge in [0, 0.05) is 22.3 Å². The summed E-state index contributed by atoms with van der Waals surface area (Å²) in [5.74, 6) is -0.533. The normalized spacial score (nSPS) is 10.0. The van der Waals surface area contributed by atoms with Crippen LogP contribution in [0.25, 0.3) is 0 Å². The monoisotopic (exact) mass is 294 g/mol. The maximum atomic E-state index is 13.2. The van der Waals surface area contributed by atoms with Crippen molar-refractivity contribution in [1.29, 1.82) is 5.26 Å². The van der Waals surface area contributed by atoms with Gasteiger partial charge in [-0.2, -0.15) is 5.26 Å². The standard InChI is InChI=1S/C14H9Cl2FN2/c15-11-1-3-13(16)10(5-11)8-19-12-2-4-14(17)9(6-12)7-18/h1-6,19H,8H2. The summed E-state index contributed by atoms with van der Waals surface area (Å²) >= 11 is 11.9. The Morgan fingerprint density at radius 3 is 2.68 bits per heavy atom. The van der Waals surface area contributed by atoms with Crippen molar-refractivity contribution in [2.24, 2.45) is 0 Å². The summed E-state index contributed by atoms with van der Waals surface area (Å²) < 4.78 is 13.2. The molecule has 0 heterocycles. The molecule has 0 bridgehead atoms. The number of benzene rings is 2. The van der Waals surface area contributed by atoms with Gasteiger partial charge in [-0.3, -0.25) is 0 Å². The van der Waals surface area contributed by atoms with Crippen molar-refractivity contribution in [1.82, 2.24) is 0 Å². The highest BCUT2D eigenvalue weighted by Crippen LogP contribution is 2.22. The number of nitrogens with zero attached hydrogens (tertiary/aromatic N) is 1. The van der Waals surface area contributed by atoms with Gasteiger partial charge in [0.2, 0.25) is 0 Å². The highest BCUT2D eigenvalue weighted by Gasteiger charge is 2.04. The Bertz CT molecular complexity index is 650. The predicted molar refractivity (Wildman–Crippen MR) is 74.9 cm³/mol. The predicted octanol–water partition coefficient (Wildman–Crippen LogP) is 4.62. The zero-order chi connectivity index (χ0) is 13.8. The first-order valence-electron chi connectivity index (χ1n) is 5.47. The fourth-order valence-electron chi connectivity index (χ4n) is 1.60. The van der Waals surface area contributed by atoms with Crippen LogP contribution in [0.2, 0.25) is 10.0 Å². The van der Waals surface area contributed by atoms with Gasteiger partial charge in [-0.1, -0.05) is 23.2 Å². The molecule has 0 saturated carbocycles. The van der Waals surface area contributed by atoms with Crippen LogP contribution in [0.15, 0.2) is 36.4 Å². The van der Waals surface area contributed by atoms with E-state index in [0.29, 0.717) is 22.3 Å². The Balaban J connectivity index is 2.15. The van der Waals surface area contributed by atoms with Gasteiger partial charge in [0.1, 0.15) is 11.9 Å². The van der Waals surface area contributed by atoms with E-state index in [-0.39, 0.29) is 5.56 Å². The molecule has 2 aromatic rings. The van der Waals surface area contributed by atoms with E-state index >= 15 is 0 Å². The number of nitriles is 1. The first-order chi connectivity index (χ1) is 9.10. The van der Waals surface area contributed by atoms with E-state index < -0.39 is 5.82 Å². The molecule has 2 nitrogen and oxygen atoms in total. The largest absolute Gasteiger partial charge is 0.381 e. The summed E-state index contributed by atoms with van der Waals surface area (Å²) in [5, 5.41) is 13.0. The molecule has 0 amide bonds. The molecule has 0 spiro atoms. The van der Waals surface area contributed by atoms with Crippen LogP contribution < -0.4 is 5.32 Å². The number of anilines is 1. The summed E-state index contributed by atoms with van der Waals surface area (Å²) in [6, 6.07) is 11.2. The lowest BCUT2D eigenvalue weighted by atomic mass is 10.2. The fourth-order valence-corrected chi connectivity index (χ4v) is 1.98. The van der Waals surface area contributed by atoms with Crippen molar-refractivity contribution in [3.63, 3.8) is 0 Å². The molecule has 0 radical (unpaired) electrons. The molecule has 0 unspecified atom stereocenters. The molecule has 0 aliphatic carbocycles. The average molecular weight is 295 g/mol. The molecule has 0 aliphatic heterocycles. The minimum atomic E-state index is -0.533. The smallest absolute Gasteiger partial charge is 0.141 e. The van der Waals surface area contributed by atoms with E-state index in [1.165, 1.54) is 12.1 Å². The molecule has 0 saturated heterocycles. The Morgan fingerprint density at radius 1 is 1.16 bits per heavy atom. The number of halogens is 3. The highest BCUT2D eigenvalue weighted by molar-refractivity contribution is 6.33. The molecule has 5 heteroatoms. The summed E-state index contributed by atoms with van der Waals surface area (Å²) in [6.45, 7) is 0.440. The van der Waals surface area contributed by atoms with E-state index in [1.807, 2.05) is 0 Å². The van der Waals surface area contributed by atoms with E-state index in [4.69, 9.17) is 28.5 Å². The molecule has 0 aliphatic rings. The summed E-state index contributed by atoms with van der Waals surface area (Å²) in [4.78, 5) is 0. The van der Waals surface area contributed by atoms with Crippen LogP contribution in [0.4, 0.5) is 10.1 Å². The Hall–Kier alpha value is -1.76. The minimum Gasteiger partial charge on any atom is -0.381 e. The molecule has 0 atom stereocenters. The van der Waals surface area contributed by atoms with Crippen LogP contribution in [0, 0.1) is 17.1 Å². The molecule has 96 valence electrons. The molecule has 0 aromatic heterocycles. The summed E-state index contributed by atoms with van der Waals surface area (Å²) in [6.07, 6.45) is 0. The van der Waals surface area contributed by atoms with Crippen molar-refractivity contribution in [2.75, 3.05) is 5.32 Å². The van der Waals surface area contributed by atoms with Crippen LogP contribution in [0.1, 0.15) is 11.1 Å².